The molecule has 1 aliphatic heterocycles. The highest BCUT2D eigenvalue weighted by Crippen LogP contribution is 2.49. The van der Waals surface area contributed by atoms with Crippen LogP contribution in [0.15, 0.2) is 30.0 Å². The van der Waals surface area contributed by atoms with E-state index in [0.717, 1.165) is 18.6 Å². The summed E-state index contributed by atoms with van der Waals surface area (Å²) in [6, 6.07) is 8.70. The fourth-order valence-electron chi connectivity index (χ4n) is 2.42. The highest BCUT2D eigenvalue weighted by atomic mass is 17.3. The SMILES string of the molecule is CC(C)(C)c1ccc(/C=C2/OOC23CCC3)cc1. The maximum atomic E-state index is 5.25. The summed E-state index contributed by atoms with van der Waals surface area (Å²) in [5.41, 5.74) is 2.68. The maximum absolute atomic E-state index is 5.25. The first-order chi connectivity index (χ1) is 8.50. The van der Waals surface area contributed by atoms with Crippen LogP contribution in [0.2, 0.25) is 0 Å². The van der Waals surface area contributed by atoms with E-state index in [1.165, 1.54) is 17.5 Å². The largest absolute Gasteiger partial charge is 0.338 e. The Morgan fingerprint density at radius 3 is 2.17 bits per heavy atom. The van der Waals surface area contributed by atoms with Crippen LogP contribution in [0.25, 0.3) is 6.08 Å². The molecule has 0 bridgehead atoms. The third kappa shape index (κ3) is 1.85. The number of hydrogen-bond donors (Lipinski definition) is 0. The van der Waals surface area contributed by atoms with Gasteiger partial charge >= 0.3 is 0 Å². The average Bonchev–Trinajstić information content (AvgIpc) is 2.22. The normalized spacial score (nSPS) is 23.4. The lowest BCUT2D eigenvalue weighted by atomic mass is 9.77. The lowest BCUT2D eigenvalue weighted by Gasteiger charge is -2.47. The van der Waals surface area contributed by atoms with Crippen LogP contribution >= 0.6 is 0 Å². The summed E-state index contributed by atoms with van der Waals surface area (Å²) < 4.78 is 0. The van der Waals surface area contributed by atoms with Gasteiger partial charge in [0.1, 0.15) is 0 Å². The molecule has 1 aromatic carbocycles. The minimum absolute atomic E-state index is 0.0668. The third-order valence-electron chi connectivity index (χ3n) is 3.98. The Kier molecular flexibility index (Phi) is 2.53. The zero-order valence-electron chi connectivity index (χ0n) is 11.3. The third-order valence-corrected chi connectivity index (χ3v) is 3.98. The van der Waals surface area contributed by atoms with E-state index in [-0.39, 0.29) is 11.0 Å². The maximum Gasteiger partial charge on any atom is 0.179 e. The number of benzene rings is 1. The van der Waals surface area contributed by atoms with Gasteiger partial charge in [-0.1, -0.05) is 45.0 Å². The molecule has 2 nitrogen and oxygen atoms in total. The van der Waals surface area contributed by atoms with Gasteiger partial charge in [-0.25, -0.2) is 0 Å². The van der Waals surface area contributed by atoms with Crippen molar-refractivity contribution in [2.24, 2.45) is 0 Å². The Labute approximate surface area is 109 Å². The van der Waals surface area contributed by atoms with E-state index in [4.69, 9.17) is 9.78 Å². The lowest BCUT2D eigenvalue weighted by Crippen LogP contribution is -2.50. The van der Waals surface area contributed by atoms with Crippen molar-refractivity contribution in [3.8, 4) is 0 Å². The summed E-state index contributed by atoms with van der Waals surface area (Å²) >= 11 is 0. The Hall–Kier alpha value is -1.28. The molecule has 0 unspecified atom stereocenters. The van der Waals surface area contributed by atoms with Gasteiger partial charge in [0.15, 0.2) is 11.4 Å². The first-order valence-electron chi connectivity index (χ1n) is 6.68. The van der Waals surface area contributed by atoms with Crippen molar-refractivity contribution in [2.75, 3.05) is 0 Å². The zero-order valence-corrected chi connectivity index (χ0v) is 11.3. The summed E-state index contributed by atoms with van der Waals surface area (Å²) in [6.07, 6.45) is 5.54. The minimum Gasteiger partial charge on any atom is -0.338 e. The fraction of sp³-hybridized carbons (Fsp3) is 0.500. The van der Waals surface area contributed by atoms with E-state index in [1.54, 1.807) is 0 Å². The topological polar surface area (TPSA) is 18.5 Å². The molecule has 18 heavy (non-hydrogen) atoms. The summed E-state index contributed by atoms with van der Waals surface area (Å²) in [4.78, 5) is 10.4. The summed E-state index contributed by atoms with van der Waals surface area (Å²) in [5, 5.41) is 0. The highest BCUT2D eigenvalue weighted by Gasteiger charge is 2.53. The van der Waals surface area contributed by atoms with Crippen molar-refractivity contribution in [1.29, 1.82) is 0 Å². The summed E-state index contributed by atoms with van der Waals surface area (Å²) in [7, 11) is 0. The summed E-state index contributed by atoms with van der Waals surface area (Å²) in [5.74, 6) is 0.997. The Bertz CT molecular complexity index is 467. The van der Waals surface area contributed by atoms with E-state index in [2.05, 4.69) is 51.1 Å². The molecule has 2 fully saturated rings. The van der Waals surface area contributed by atoms with Crippen LogP contribution in [0.1, 0.15) is 51.2 Å². The van der Waals surface area contributed by atoms with Crippen LogP contribution in [0.4, 0.5) is 0 Å². The molecule has 0 amide bonds. The Morgan fingerprint density at radius 2 is 1.78 bits per heavy atom. The van der Waals surface area contributed by atoms with Crippen molar-refractivity contribution < 1.29 is 9.78 Å². The lowest BCUT2D eigenvalue weighted by molar-refractivity contribution is -0.440. The second-order valence-corrected chi connectivity index (χ2v) is 6.40. The van der Waals surface area contributed by atoms with Crippen molar-refractivity contribution in [2.45, 2.75) is 51.0 Å². The van der Waals surface area contributed by atoms with Gasteiger partial charge in [0.2, 0.25) is 0 Å². The Balaban J connectivity index is 1.80. The quantitative estimate of drug-likeness (QED) is 0.689. The van der Waals surface area contributed by atoms with Crippen molar-refractivity contribution in [1.82, 2.24) is 0 Å². The smallest absolute Gasteiger partial charge is 0.179 e. The van der Waals surface area contributed by atoms with Crippen LogP contribution in [0, 0.1) is 0 Å². The summed E-state index contributed by atoms with van der Waals surface area (Å²) in [6.45, 7) is 6.69. The van der Waals surface area contributed by atoms with Gasteiger partial charge in [0.05, 0.1) is 0 Å². The molecule has 1 saturated heterocycles. The van der Waals surface area contributed by atoms with E-state index >= 15 is 0 Å². The molecule has 0 atom stereocenters. The first kappa shape index (κ1) is 11.8. The molecular weight excluding hydrogens is 224 g/mol. The van der Waals surface area contributed by atoms with Gasteiger partial charge in [0.25, 0.3) is 0 Å². The first-order valence-corrected chi connectivity index (χ1v) is 6.68. The second-order valence-electron chi connectivity index (χ2n) is 6.40. The highest BCUT2D eigenvalue weighted by molar-refractivity contribution is 5.55. The van der Waals surface area contributed by atoms with Gasteiger partial charge in [0, 0.05) is 0 Å². The van der Waals surface area contributed by atoms with Crippen molar-refractivity contribution >= 4 is 6.08 Å². The van der Waals surface area contributed by atoms with Crippen LogP contribution in [-0.2, 0) is 15.2 Å². The second kappa shape index (κ2) is 3.86. The van der Waals surface area contributed by atoms with Crippen molar-refractivity contribution in [3.63, 3.8) is 0 Å². The van der Waals surface area contributed by atoms with E-state index < -0.39 is 0 Å². The molecule has 1 aromatic rings. The van der Waals surface area contributed by atoms with Gasteiger partial charge < -0.3 is 4.89 Å². The zero-order chi connectivity index (χ0) is 12.8. The number of hydrogen-bond acceptors (Lipinski definition) is 2. The minimum atomic E-state index is -0.0668. The predicted molar refractivity (Wildman–Crippen MR) is 71.9 cm³/mol. The molecular formula is C16H20O2. The standard InChI is InChI=1S/C16H20O2/c1-15(2,3)13-7-5-12(6-8-13)11-14-16(18-17-14)9-4-10-16/h5-8,11H,4,9-10H2,1-3H3/b14-11+. The molecule has 2 heteroatoms. The predicted octanol–water partition coefficient (Wildman–Crippen LogP) is 4.21. The van der Waals surface area contributed by atoms with E-state index in [9.17, 15) is 0 Å². The van der Waals surface area contributed by atoms with E-state index in [0.29, 0.717) is 0 Å². The Morgan fingerprint density at radius 1 is 1.11 bits per heavy atom. The molecule has 1 aliphatic carbocycles. The molecule has 3 rings (SSSR count). The number of rotatable bonds is 1. The van der Waals surface area contributed by atoms with Gasteiger partial charge in [-0.15, -0.1) is 0 Å². The van der Waals surface area contributed by atoms with Crippen molar-refractivity contribution in [3.05, 3.63) is 41.2 Å². The molecule has 0 aromatic heterocycles. The average molecular weight is 244 g/mol. The van der Waals surface area contributed by atoms with Crippen LogP contribution in [-0.4, -0.2) is 5.60 Å². The van der Waals surface area contributed by atoms with Gasteiger partial charge in [-0.2, -0.15) is 4.89 Å². The van der Waals surface area contributed by atoms with Crippen LogP contribution < -0.4 is 0 Å². The van der Waals surface area contributed by atoms with Crippen LogP contribution in [0.5, 0.6) is 0 Å². The molecule has 96 valence electrons. The molecule has 1 spiro atoms. The molecule has 2 aliphatic rings. The van der Waals surface area contributed by atoms with Gasteiger partial charge in [-0.3, -0.25) is 0 Å². The fourth-order valence-corrected chi connectivity index (χ4v) is 2.42. The molecule has 1 heterocycles. The molecule has 1 saturated carbocycles. The van der Waals surface area contributed by atoms with Gasteiger partial charge in [-0.05, 0) is 41.9 Å². The molecule has 0 N–H and O–H groups in total. The molecule has 0 radical (unpaired) electrons. The van der Waals surface area contributed by atoms with Crippen LogP contribution in [0.3, 0.4) is 0 Å². The monoisotopic (exact) mass is 244 g/mol. The van der Waals surface area contributed by atoms with E-state index in [1.807, 2.05) is 0 Å².